The zero-order chi connectivity index (χ0) is 15.0. The van der Waals surface area contributed by atoms with Gasteiger partial charge in [0, 0.05) is 30.0 Å². The van der Waals surface area contributed by atoms with Crippen LogP contribution in [0.1, 0.15) is 6.92 Å². The molecule has 0 aliphatic heterocycles. The van der Waals surface area contributed by atoms with E-state index in [9.17, 15) is 4.79 Å². The summed E-state index contributed by atoms with van der Waals surface area (Å²) in [4.78, 5) is 20.0. The minimum Gasteiger partial charge on any atom is -0.481 e. The first-order valence-corrected chi connectivity index (χ1v) is 6.59. The van der Waals surface area contributed by atoms with Crippen molar-refractivity contribution in [2.75, 3.05) is 7.11 Å². The molecule has 5 nitrogen and oxygen atoms in total. The van der Waals surface area contributed by atoms with Gasteiger partial charge in [-0.15, -0.1) is 0 Å². The molecule has 3 aromatic rings. The van der Waals surface area contributed by atoms with E-state index in [4.69, 9.17) is 21.1 Å². The quantitative estimate of drug-likeness (QED) is 0.412. The van der Waals surface area contributed by atoms with Crippen molar-refractivity contribution in [2.45, 2.75) is 6.92 Å². The van der Waals surface area contributed by atoms with E-state index in [1.54, 1.807) is 37.6 Å². The number of rotatable bonds is 2. The number of benzene rings is 1. The maximum absolute atomic E-state index is 11.3. The monoisotopic (exact) mass is 302 g/mol. The van der Waals surface area contributed by atoms with Crippen LogP contribution in [0.2, 0.25) is 5.02 Å². The minimum absolute atomic E-state index is 0.298. The third-order valence-corrected chi connectivity index (χ3v) is 3.41. The number of fused-ring (bicyclic) bond motifs is 3. The molecule has 0 radical (unpaired) electrons. The Kier molecular flexibility index (Phi) is 3.35. The van der Waals surface area contributed by atoms with E-state index in [0.717, 1.165) is 0 Å². The van der Waals surface area contributed by atoms with Gasteiger partial charge in [0.15, 0.2) is 5.75 Å². The lowest BCUT2D eigenvalue weighted by molar-refractivity contribution is -0.131. The van der Waals surface area contributed by atoms with Gasteiger partial charge >= 0.3 is 5.97 Å². The second-order valence-corrected chi connectivity index (χ2v) is 4.76. The summed E-state index contributed by atoms with van der Waals surface area (Å²) >= 11 is 6.37. The summed E-state index contributed by atoms with van der Waals surface area (Å²) in [5.41, 5.74) is 1.21. The van der Waals surface area contributed by atoms with E-state index in [1.807, 2.05) is 0 Å². The zero-order valence-electron chi connectivity index (χ0n) is 11.4. The lowest BCUT2D eigenvalue weighted by Crippen LogP contribution is -2.03. The van der Waals surface area contributed by atoms with E-state index < -0.39 is 5.97 Å². The lowest BCUT2D eigenvalue weighted by atomic mass is 10.1. The summed E-state index contributed by atoms with van der Waals surface area (Å²) in [5, 5.41) is 1.61. The van der Waals surface area contributed by atoms with Gasteiger partial charge < -0.3 is 9.47 Å². The smallest absolute Gasteiger partial charge is 0.308 e. The number of hydrogen-bond donors (Lipinski definition) is 0. The van der Waals surface area contributed by atoms with Crippen molar-refractivity contribution in [1.82, 2.24) is 9.97 Å². The normalized spacial score (nSPS) is 10.8. The third-order valence-electron chi connectivity index (χ3n) is 3.04. The van der Waals surface area contributed by atoms with Gasteiger partial charge in [-0.2, -0.15) is 0 Å². The highest BCUT2D eigenvalue weighted by atomic mass is 35.5. The van der Waals surface area contributed by atoms with E-state index in [1.165, 1.54) is 6.92 Å². The fourth-order valence-corrected chi connectivity index (χ4v) is 2.47. The average Bonchev–Trinajstić information content (AvgIpc) is 2.50. The Morgan fingerprint density at radius 2 is 2.00 bits per heavy atom. The Bertz CT molecular complexity index is 864. The summed E-state index contributed by atoms with van der Waals surface area (Å²) in [6.45, 7) is 1.33. The van der Waals surface area contributed by atoms with Crippen LogP contribution < -0.4 is 9.47 Å². The average molecular weight is 303 g/mol. The molecule has 21 heavy (non-hydrogen) atoms. The second-order valence-electron chi connectivity index (χ2n) is 4.39. The lowest BCUT2D eigenvalue weighted by Gasteiger charge is -2.12. The highest BCUT2D eigenvalue weighted by Gasteiger charge is 2.17. The van der Waals surface area contributed by atoms with Crippen LogP contribution in [0.25, 0.3) is 21.8 Å². The molecule has 2 heterocycles. The van der Waals surface area contributed by atoms with Crippen LogP contribution >= 0.6 is 11.6 Å². The summed E-state index contributed by atoms with van der Waals surface area (Å²) in [6.07, 6.45) is 1.65. The number of hydrogen-bond acceptors (Lipinski definition) is 5. The molecule has 0 bridgehead atoms. The number of carbonyl (C=O) groups excluding carboxylic acids is 1. The molecule has 0 spiro atoms. The molecule has 0 fully saturated rings. The number of carbonyl (C=O) groups is 1. The van der Waals surface area contributed by atoms with Gasteiger partial charge in [0.2, 0.25) is 5.88 Å². The number of methoxy groups -OCH3 is 1. The van der Waals surface area contributed by atoms with Crippen molar-refractivity contribution >= 4 is 39.4 Å². The maximum Gasteiger partial charge on any atom is 0.308 e. The first kappa shape index (κ1) is 13.6. The van der Waals surface area contributed by atoms with Crippen LogP contribution in [-0.2, 0) is 4.79 Å². The Balaban J connectivity index is 2.46. The van der Waals surface area contributed by atoms with Crippen LogP contribution in [0.4, 0.5) is 0 Å². The van der Waals surface area contributed by atoms with Crippen molar-refractivity contribution in [3.05, 3.63) is 35.5 Å². The van der Waals surface area contributed by atoms with Crippen molar-refractivity contribution in [2.24, 2.45) is 0 Å². The number of esters is 1. The molecular formula is C15H11ClN2O3. The van der Waals surface area contributed by atoms with Crippen molar-refractivity contribution in [1.29, 1.82) is 0 Å². The number of nitrogens with zero attached hydrogens (tertiary/aromatic N) is 2. The molecule has 106 valence electrons. The second kappa shape index (κ2) is 5.18. The Morgan fingerprint density at radius 1 is 1.19 bits per heavy atom. The topological polar surface area (TPSA) is 61.3 Å². The van der Waals surface area contributed by atoms with Gasteiger partial charge in [-0.25, -0.2) is 4.98 Å². The predicted molar refractivity (Wildman–Crippen MR) is 79.9 cm³/mol. The standard InChI is InChI=1S/C15H11ClN2O3/c1-8(19)21-15-10-4-3-7-17-13(10)14-9(12(15)16)5-6-11(18-14)20-2/h3-7H,1-2H3. The zero-order valence-corrected chi connectivity index (χ0v) is 12.1. The van der Waals surface area contributed by atoms with Gasteiger partial charge in [0.05, 0.1) is 12.1 Å². The third kappa shape index (κ3) is 2.25. The van der Waals surface area contributed by atoms with Crippen molar-refractivity contribution < 1.29 is 14.3 Å². The molecule has 0 atom stereocenters. The summed E-state index contributed by atoms with van der Waals surface area (Å²) in [5.74, 6) is 0.320. The molecule has 0 unspecified atom stereocenters. The van der Waals surface area contributed by atoms with Gasteiger partial charge in [-0.3, -0.25) is 9.78 Å². The predicted octanol–water partition coefficient (Wildman–Crippen LogP) is 3.37. The number of halogens is 1. The van der Waals surface area contributed by atoms with E-state index >= 15 is 0 Å². The van der Waals surface area contributed by atoms with Crippen molar-refractivity contribution in [3.63, 3.8) is 0 Å². The molecule has 1 aromatic carbocycles. The van der Waals surface area contributed by atoms with Gasteiger partial charge in [-0.1, -0.05) is 11.6 Å². The Morgan fingerprint density at radius 3 is 2.71 bits per heavy atom. The number of aromatic nitrogens is 2. The Labute approximate surface area is 125 Å². The number of ether oxygens (including phenoxy) is 2. The fraction of sp³-hybridized carbons (Fsp3) is 0.133. The summed E-state index contributed by atoms with van der Waals surface area (Å²) in [7, 11) is 1.54. The molecule has 0 aliphatic rings. The maximum atomic E-state index is 11.3. The van der Waals surface area contributed by atoms with E-state index in [0.29, 0.717) is 38.5 Å². The molecule has 2 aromatic heterocycles. The van der Waals surface area contributed by atoms with Crippen LogP contribution in [-0.4, -0.2) is 23.0 Å². The van der Waals surface area contributed by atoms with Crippen LogP contribution in [0.3, 0.4) is 0 Å². The summed E-state index contributed by atoms with van der Waals surface area (Å²) in [6, 6.07) is 7.00. The molecule has 0 N–H and O–H groups in total. The van der Waals surface area contributed by atoms with Crippen LogP contribution in [0.15, 0.2) is 30.5 Å². The molecule has 0 saturated carbocycles. The molecule has 0 saturated heterocycles. The molecule has 6 heteroatoms. The fourth-order valence-electron chi connectivity index (χ4n) is 2.17. The molecule has 0 amide bonds. The Hall–Kier alpha value is -2.40. The highest BCUT2D eigenvalue weighted by Crippen LogP contribution is 2.40. The first-order chi connectivity index (χ1) is 10.1. The van der Waals surface area contributed by atoms with Gasteiger partial charge in [-0.05, 0) is 18.2 Å². The van der Waals surface area contributed by atoms with Gasteiger partial charge in [0.1, 0.15) is 11.0 Å². The SMILES string of the molecule is COc1ccc2c(Cl)c(OC(C)=O)c3cccnc3c2n1. The summed E-state index contributed by atoms with van der Waals surface area (Å²) < 4.78 is 10.4. The van der Waals surface area contributed by atoms with E-state index in [-0.39, 0.29) is 0 Å². The highest BCUT2D eigenvalue weighted by molar-refractivity contribution is 6.39. The van der Waals surface area contributed by atoms with Crippen LogP contribution in [0, 0.1) is 0 Å². The first-order valence-electron chi connectivity index (χ1n) is 6.21. The largest absolute Gasteiger partial charge is 0.481 e. The van der Waals surface area contributed by atoms with Gasteiger partial charge in [0.25, 0.3) is 0 Å². The molecular weight excluding hydrogens is 292 g/mol. The van der Waals surface area contributed by atoms with Crippen molar-refractivity contribution in [3.8, 4) is 11.6 Å². The molecule has 3 rings (SSSR count). The number of pyridine rings is 2. The minimum atomic E-state index is -0.442. The van der Waals surface area contributed by atoms with E-state index in [2.05, 4.69) is 9.97 Å². The van der Waals surface area contributed by atoms with Crippen LogP contribution in [0.5, 0.6) is 11.6 Å². The molecule has 0 aliphatic carbocycles.